The van der Waals surface area contributed by atoms with Crippen molar-refractivity contribution in [3.05, 3.63) is 119 Å². The fourth-order valence-electron chi connectivity index (χ4n) is 5.57. The van der Waals surface area contributed by atoms with Crippen LogP contribution in [0.1, 0.15) is 52.0 Å². The summed E-state index contributed by atoms with van der Waals surface area (Å²) in [6.45, 7) is 0. The number of rotatable bonds is 10. The van der Waals surface area contributed by atoms with Crippen molar-refractivity contribution in [3.8, 4) is 17.4 Å². The standard InChI is InChI=1S/C36H32N4O6S/c41-32(40-31-6-2-1-4-29(31)36(43)44)18-22-7-16-33(38-21-22)46-28-13-9-23-19-27(12-8-24(23)20-28)45-26-14-10-25(11-15-26)39-34(42)30-5-3-17-37-35(30)47/h1-9,12-13,16-17,19-21,25-26H,10-11,14-15,18H2,(H,37,47)(H,39,42)(H,40,41)(H,43,44). The highest BCUT2D eigenvalue weighted by Gasteiger charge is 2.24. The second-order valence-corrected chi connectivity index (χ2v) is 11.7. The Morgan fingerprint density at radius 3 is 2.32 bits per heavy atom. The Kier molecular flexibility index (Phi) is 9.53. The van der Waals surface area contributed by atoms with E-state index in [2.05, 4.69) is 20.6 Å². The monoisotopic (exact) mass is 648 g/mol. The van der Waals surface area contributed by atoms with Gasteiger partial charge in [-0.2, -0.15) is 0 Å². The number of amides is 2. The molecular formula is C36H32N4O6S. The number of nitrogens with zero attached hydrogens (tertiary/aromatic N) is 1. The number of fused-ring (bicyclic) bond motifs is 1. The van der Waals surface area contributed by atoms with E-state index in [1.165, 1.54) is 6.07 Å². The van der Waals surface area contributed by atoms with Crippen molar-refractivity contribution in [1.29, 1.82) is 0 Å². The van der Waals surface area contributed by atoms with Gasteiger partial charge in [-0.15, -0.1) is 0 Å². The van der Waals surface area contributed by atoms with Crippen LogP contribution >= 0.6 is 12.2 Å². The number of hydrogen-bond acceptors (Lipinski definition) is 7. The zero-order valence-corrected chi connectivity index (χ0v) is 26.1. The first-order chi connectivity index (χ1) is 22.8. The zero-order chi connectivity index (χ0) is 32.8. The van der Waals surface area contributed by atoms with Crippen molar-refractivity contribution < 1.29 is 29.0 Å². The molecule has 0 bridgehead atoms. The van der Waals surface area contributed by atoms with Crippen LogP contribution < -0.4 is 20.1 Å². The molecule has 0 spiro atoms. The number of carboxylic acids is 1. The van der Waals surface area contributed by atoms with Crippen LogP contribution in [-0.4, -0.2) is 45.0 Å². The Labute approximate surface area is 275 Å². The van der Waals surface area contributed by atoms with Crippen molar-refractivity contribution in [2.24, 2.45) is 0 Å². The summed E-state index contributed by atoms with van der Waals surface area (Å²) in [5, 5.41) is 17.1. The summed E-state index contributed by atoms with van der Waals surface area (Å²) in [7, 11) is 0. The number of anilines is 1. The Morgan fingerprint density at radius 2 is 1.60 bits per heavy atom. The van der Waals surface area contributed by atoms with Crippen LogP contribution in [0.2, 0.25) is 0 Å². The van der Waals surface area contributed by atoms with Crippen LogP contribution in [0.5, 0.6) is 17.4 Å². The summed E-state index contributed by atoms with van der Waals surface area (Å²) in [4.78, 5) is 43.7. The number of hydrogen-bond donors (Lipinski definition) is 4. The molecule has 0 unspecified atom stereocenters. The number of carbonyl (C=O) groups excluding carboxylic acids is 2. The quantitative estimate of drug-likeness (QED) is 0.118. The molecule has 47 heavy (non-hydrogen) atoms. The SMILES string of the molecule is O=C(Cc1ccc(Oc2ccc3cc(OC4CCC(NC(=O)c5ccc[nH]c5=S)CC4)ccc3c2)nc1)Nc1ccccc1C(=O)O. The van der Waals surface area contributed by atoms with Gasteiger partial charge in [-0.05, 0) is 90.6 Å². The van der Waals surface area contributed by atoms with Gasteiger partial charge in [-0.3, -0.25) is 9.59 Å². The van der Waals surface area contributed by atoms with Crippen LogP contribution in [0.3, 0.4) is 0 Å². The molecule has 0 aliphatic heterocycles. The van der Waals surface area contributed by atoms with Gasteiger partial charge in [0.1, 0.15) is 16.1 Å². The molecule has 3 aromatic carbocycles. The van der Waals surface area contributed by atoms with Gasteiger partial charge in [0.2, 0.25) is 11.8 Å². The lowest BCUT2D eigenvalue weighted by molar-refractivity contribution is -0.115. The minimum absolute atomic E-state index is 0.0264. The lowest BCUT2D eigenvalue weighted by atomic mass is 9.92. The third kappa shape index (κ3) is 8.00. The van der Waals surface area contributed by atoms with E-state index in [0.29, 0.717) is 27.4 Å². The van der Waals surface area contributed by atoms with E-state index in [4.69, 9.17) is 21.7 Å². The van der Waals surface area contributed by atoms with Gasteiger partial charge < -0.3 is 30.2 Å². The van der Waals surface area contributed by atoms with Gasteiger partial charge in [0.25, 0.3) is 5.91 Å². The summed E-state index contributed by atoms with van der Waals surface area (Å²) >= 11 is 5.23. The third-order valence-corrected chi connectivity index (χ3v) is 8.31. The third-order valence-electron chi connectivity index (χ3n) is 7.97. The van der Waals surface area contributed by atoms with Crippen molar-refractivity contribution in [2.75, 3.05) is 5.32 Å². The van der Waals surface area contributed by atoms with Crippen molar-refractivity contribution in [2.45, 2.75) is 44.2 Å². The van der Waals surface area contributed by atoms with Gasteiger partial charge in [0, 0.05) is 24.5 Å². The molecule has 0 saturated heterocycles. The molecule has 1 aliphatic carbocycles. The summed E-state index contributed by atoms with van der Waals surface area (Å²) in [6, 6.07) is 25.0. The van der Waals surface area contributed by atoms with Crippen molar-refractivity contribution in [3.63, 3.8) is 0 Å². The van der Waals surface area contributed by atoms with Crippen LogP contribution in [0, 0.1) is 4.64 Å². The number of aromatic carboxylic acids is 1. The molecule has 10 nitrogen and oxygen atoms in total. The second kappa shape index (κ2) is 14.3. The normalized spacial score (nSPS) is 15.8. The molecule has 11 heteroatoms. The number of ether oxygens (including phenoxy) is 2. The lowest BCUT2D eigenvalue weighted by Crippen LogP contribution is -2.39. The Balaban J connectivity index is 0.996. The maximum atomic E-state index is 12.6. The predicted octanol–water partition coefficient (Wildman–Crippen LogP) is 7.08. The van der Waals surface area contributed by atoms with E-state index in [-0.39, 0.29) is 41.6 Å². The second-order valence-electron chi connectivity index (χ2n) is 11.3. The smallest absolute Gasteiger partial charge is 0.337 e. The molecule has 0 radical (unpaired) electrons. The number of pyridine rings is 2. The van der Waals surface area contributed by atoms with E-state index in [1.807, 2.05) is 36.4 Å². The van der Waals surface area contributed by atoms with Crippen LogP contribution in [0.15, 0.2) is 97.3 Å². The summed E-state index contributed by atoms with van der Waals surface area (Å²) in [5.41, 5.74) is 1.41. The number of carboxylic acid groups (broad SMARTS) is 1. The van der Waals surface area contributed by atoms with Gasteiger partial charge in [0.15, 0.2) is 0 Å². The summed E-state index contributed by atoms with van der Waals surface area (Å²) in [6.07, 6.45) is 6.71. The van der Waals surface area contributed by atoms with E-state index in [9.17, 15) is 19.5 Å². The molecular weight excluding hydrogens is 616 g/mol. The maximum Gasteiger partial charge on any atom is 0.337 e. The Morgan fingerprint density at radius 1 is 0.872 bits per heavy atom. The fourth-order valence-corrected chi connectivity index (χ4v) is 5.80. The molecule has 6 rings (SSSR count). The minimum Gasteiger partial charge on any atom is -0.490 e. The van der Waals surface area contributed by atoms with E-state index >= 15 is 0 Å². The number of carbonyl (C=O) groups is 3. The highest BCUT2D eigenvalue weighted by atomic mass is 32.1. The van der Waals surface area contributed by atoms with Crippen LogP contribution in [0.4, 0.5) is 5.69 Å². The molecule has 5 aromatic rings. The Bertz CT molecular complexity index is 1990. The zero-order valence-electron chi connectivity index (χ0n) is 25.3. The summed E-state index contributed by atoms with van der Waals surface area (Å²) < 4.78 is 12.7. The fraction of sp³-hybridized carbons (Fsp3) is 0.194. The van der Waals surface area contributed by atoms with Gasteiger partial charge >= 0.3 is 5.97 Å². The topological polar surface area (TPSA) is 143 Å². The molecule has 2 heterocycles. The first-order valence-corrected chi connectivity index (χ1v) is 15.7. The average Bonchev–Trinajstić information content (AvgIpc) is 3.07. The minimum atomic E-state index is -1.11. The molecule has 4 N–H and O–H groups in total. The number of benzene rings is 3. The number of aromatic nitrogens is 2. The van der Waals surface area contributed by atoms with Crippen molar-refractivity contribution >= 4 is 46.5 Å². The van der Waals surface area contributed by atoms with Gasteiger partial charge in [-0.1, -0.05) is 42.5 Å². The lowest BCUT2D eigenvalue weighted by Gasteiger charge is -2.29. The number of H-pyrrole nitrogens is 1. The van der Waals surface area contributed by atoms with E-state index in [0.717, 1.165) is 42.2 Å². The van der Waals surface area contributed by atoms with Crippen LogP contribution in [0.25, 0.3) is 10.8 Å². The molecule has 1 saturated carbocycles. The van der Waals surface area contributed by atoms with E-state index in [1.54, 1.807) is 54.9 Å². The predicted molar refractivity (Wildman–Crippen MR) is 180 cm³/mol. The van der Waals surface area contributed by atoms with Crippen molar-refractivity contribution in [1.82, 2.24) is 15.3 Å². The molecule has 238 valence electrons. The molecule has 0 atom stereocenters. The molecule has 1 fully saturated rings. The molecule has 2 aromatic heterocycles. The summed E-state index contributed by atoms with van der Waals surface area (Å²) in [5.74, 6) is 0.179. The largest absolute Gasteiger partial charge is 0.490 e. The van der Waals surface area contributed by atoms with Gasteiger partial charge in [-0.25, -0.2) is 9.78 Å². The molecule has 1 aliphatic rings. The highest BCUT2D eigenvalue weighted by Crippen LogP contribution is 2.30. The first-order valence-electron chi connectivity index (χ1n) is 15.2. The highest BCUT2D eigenvalue weighted by molar-refractivity contribution is 7.71. The average molecular weight is 649 g/mol. The Hall–Kier alpha value is -5.55. The first kappa shape index (κ1) is 31.4. The van der Waals surface area contributed by atoms with Gasteiger partial charge in [0.05, 0.1) is 29.3 Å². The number of para-hydroxylation sites is 1. The number of aromatic amines is 1. The number of nitrogens with one attached hydrogen (secondary N) is 3. The maximum absolute atomic E-state index is 12.6. The molecule has 2 amide bonds. The van der Waals surface area contributed by atoms with Crippen LogP contribution in [-0.2, 0) is 11.2 Å². The van der Waals surface area contributed by atoms with E-state index < -0.39 is 5.97 Å².